The van der Waals surface area contributed by atoms with E-state index < -0.39 is 0 Å². The Bertz CT molecular complexity index is 576. The lowest BCUT2D eigenvalue weighted by Crippen LogP contribution is -2.16. The number of benzene rings is 1. The molecular weight excluding hydrogens is 236 g/mol. The number of carbonyl (C=O) groups is 1. The minimum atomic E-state index is -0.364. The lowest BCUT2D eigenvalue weighted by Gasteiger charge is -2.11. The quantitative estimate of drug-likeness (QED) is 0.596. The third-order valence-electron chi connectivity index (χ3n) is 2.62. The zero-order chi connectivity index (χ0) is 13.3. The SMILES string of the molecule is O=C(OC1C#C/C=C\C#CCCC1)c1ccccc1. The van der Waals surface area contributed by atoms with Gasteiger partial charge >= 0.3 is 5.97 Å². The summed E-state index contributed by atoms with van der Waals surface area (Å²) in [6, 6.07) is 8.97. The van der Waals surface area contributed by atoms with Gasteiger partial charge in [0, 0.05) is 6.42 Å². The molecule has 0 radical (unpaired) electrons. The summed E-state index contributed by atoms with van der Waals surface area (Å²) in [5, 5.41) is 0. The van der Waals surface area contributed by atoms with Crippen molar-refractivity contribution in [2.45, 2.75) is 25.4 Å². The van der Waals surface area contributed by atoms with Crippen LogP contribution in [0.15, 0.2) is 42.5 Å². The van der Waals surface area contributed by atoms with Gasteiger partial charge in [-0.25, -0.2) is 4.79 Å². The fraction of sp³-hybridized carbons (Fsp3) is 0.235. The summed E-state index contributed by atoms with van der Waals surface area (Å²) in [6.45, 7) is 0. The number of allylic oxidation sites excluding steroid dienone is 2. The average molecular weight is 250 g/mol. The van der Waals surface area contributed by atoms with Crippen LogP contribution in [0.2, 0.25) is 0 Å². The number of ether oxygens (including phenoxy) is 1. The molecule has 19 heavy (non-hydrogen) atoms. The summed E-state index contributed by atoms with van der Waals surface area (Å²) in [4.78, 5) is 11.9. The number of rotatable bonds is 2. The Morgan fingerprint density at radius 3 is 2.79 bits per heavy atom. The molecule has 2 nitrogen and oxygen atoms in total. The highest BCUT2D eigenvalue weighted by atomic mass is 16.5. The average Bonchev–Trinajstić information content (AvgIpc) is 2.46. The van der Waals surface area contributed by atoms with Gasteiger partial charge in [-0.1, -0.05) is 41.9 Å². The Morgan fingerprint density at radius 1 is 1.16 bits per heavy atom. The van der Waals surface area contributed by atoms with E-state index in [1.807, 2.05) is 18.2 Å². The van der Waals surface area contributed by atoms with Crippen LogP contribution in [0.5, 0.6) is 0 Å². The van der Waals surface area contributed by atoms with Crippen LogP contribution < -0.4 is 0 Å². The molecule has 2 heteroatoms. The van der Waals surface area contributed by atoms with Gasteiger partial charge in [0.15, 0.2) is 6.10 Å². The lowest BCUT2D eigenvalue weighted by atomic mass is 10.1. The molecule has 94 valence electrons. The highest BCUT2D eigenvalue weighted by Crippen LogP contribution is 2.09. The summed E-state index contributed by atoms with van der Waals surface area (Å²) >= 11 is 0. The van der Waals surface area contributed by atoms with Gasteiger partial charge in [0.25, 0.3) is 0 Å². The Kier molecular flexibility index (Phi) is 4.85. The monoisotopic (exact) mass is 250 g/mol. The second-order valence-corrected chi connectivity index (χ2v) is 4.10. The van der Waals surface area contributed by atoms with E-state index in [0.29, 0.717) is 12.0 Å². The van der Waals surface area contributed by atoms with E-state index in [2.05, 4.69) is 23.7 Å². The molecule has 1 aromatic rings. The predicted molar refractivity (Wildman–Crippen MR) is 74.2 cm³/mol. The minimum absolute atomic E-state index is 0.327. The maximum Gasteiger partial charge on any atom is 0.339 e. The maximum atomic E-state index is 11.9. The van der Waals surface area contributed by atoms with Crippen molar-refractivity contribution in [1.82, 2.24) is 0 Å². The summed E-state index contributed by atoms with van der Waals surface area (Å²) < 4.78 is 5.41. The van der Waals surface area contributed by atoms with Crippen molar-refractivity contribution in [3.05, 3.63) is 48.0 Å². The van der Waals surface area contributed by atoms with E-state index in [1.54, 1.807) is 24.3 Å². The molecule has 0 heterocycles. The maximum absolute atomic E-state index is 11.9. The lowest BCUT2D eigenvalue weighted by molar-refractivity contribution is 0.0394. The van der Waals surface area contributed by atoms with Crippen LogP contribution in [0, 0.1) is 23.7 Å². The van der Waals surface area contributed by atoms with Crippen LogP contribution >= 0.6 is 0 Å². The first kappa shape index (κ1) is 13.0. The van der Waals surface area contributed by atoms with Gasteiger partial charge in [0.05, 0.1) is 5.56 Å². The zero-order valence-electron chi connectivity index (χ0n) is 10.6. The molecule has 1 aliphatic rings. The van der Waals surface area contributed by atoms with Gasteiger partial charge in [-0.15, -0.1) is 0 Å². The molecule has 0 fully saturated rings. The second-order valence-electron chi connectivity index (χ2n) is 4.10. The Labute approximate surface area is 113 Å². The zero-order valence-corrected chi connectivity index (χ0v) is 10.6. The molecule has 0 N–H and O–H groups in total. The summed E-state index contributed by atoms with van der Waals surface area (Å²) in [5.74, 6) is 11.4. The molecule has 2 rings (SSSR count). The first-order chi connectivity index (χ1) is 9.36. The molecule has 0 spiro atoms. The van der Waals surface area contributed by atoms with Crippen molar-refractivity contribution in [2.24, 2.45) is 0 Å². The normalized spacial score (nSPS) is 19.1. The van der Waals surface area contributed by atoms with Crippen molar-refractivity contribution in [3.8, 4) is 23.7 Å². The molecule has 0 aromatic heterocycles. The fourth-order valence-electron chi connectivity index (χ4n) is 1.66. The van der Waals surface area contributed by atoms with Crippen molar-refractivity contribution in [3.63, 3.8) is 0 Å². The second kappa shape index (κ2) is 7.09. The molecule has 1 aromatic carbocycles. The highest BCUT2D eigenvalue weighted by molar-refractivity contribution is 5.89. The molecule has 0 saturated heterocycles. The number of hydrogen-bond donors (Lipinski definition) is 0. The van der Waals surface area contributed by atoms with E-state index in [-0.39, 0.29) is 12.1 Å². The third kappa shape index (κ3) is 4.37. The van der Waals surface area contributed by atoms with Crippen LogP contribution in [0.3, 0.4) is 0 Å². The van der Waals surface area contributed by atoms with Crippen LogP contribution in [-0.4, -0.2) is 12.1 Å². The van der Waals surface area contributed by atoms with Crippen molar-refractivity contribution in [2.75, 3.05) is 0 Å². The number of carbonyl (C=O) groups excluding carboxylic acids is 1. The van der Waals surface area contributed by atoms with Gasteiger partial charge in [-0.2, -0.15) is 0 Å². The molecule has 1 atom stereocenters. The van der Waals surface area contributed by atoms with Gasteiger partial charge < -0.3 is 4.74 Å². The largest absolute Gasteiger partial charge is 0.446 e. The smallest absolute Gasteiger partial charge is 0.339 e. The topological polar surface area (TPSA) is 26.3 Å². The number of hydrogen-bond acceptors (Lipinski definition) is 2. The molecule has 1 unspecified atom stereocenters. The van der Waals surface area contributed by atoms with E-state index in [4.69, 9.17) is 4.74 Å². The molecule has 0 amide bonds. The molecule has 1 aliphatic carbocycles. The van der Waals surface area contributed by atoms with Crippen molar-refractivity contribution >= 4 is 5.97 Å². The molecule has 0 saturated carbocycles. The van der Waals surface area contributed by atoms with Crippen LogP contribution in [0.25, 0.3) is 0 Å². The van der Waals surface area contributed by atoms with Crippen LogP contribution in [0.4, 0.5) is 0 Å². The Balaban J connectivity index is 2.02. The van der Waals surface area contributed by atoms with E-state index in [9.17, 15) is 4.79 Å². The number of esters is 1. The molecule has 0 bridgehead atoms. The van der Waals surface area contributed by atoms with Gasteiger partial charge in [-0.3, -0.25) is 0 Å². The standard InChI is InChI=1S/C17H14O2/c18-17(15-11-7-6-8-12-15)19-16-13-9-4-2-1-3-5-10-14-16/h2,4,6-8,11-12,16H,5,10,14H2/b4-2-. The summed E-state index contributed by atoms with van der Waals surface area (Å²) in [7, 11) is 0. The van der Waals surface area contributed by atoms with E-state index >= 15 is 0 Å². The van der Waals surface area contributed by atoms with Crippen molar-refractivity contribution < 1.29 is 9.53 Å². The third-order valence-corrected chi connectivity index (χ3v) is 2.62. The van der Waals surface area contributed by atoms with Crippen LogP contribution in [0.1, 0.15) is 29.6 Å². The molecule has 0 aliphatic heterocycles. The van der Waals surface area contributed by atoms with Gasteiger partial charge in [-0.05, 0) is 37.1 Å². The van der Waals surface area contributed by atoms with Gasteiger partial charge in [0.1, 0.15) is 0 Å². The first-order valence-corrected chi connectivity index (χ1v) is 6.27. The fourth-order valence-corrected chi connectivity index (χ4v) is 1.66. The van der Waals surface area contributed by atoms with E-state index in [1.165, 1.54) is 0 Å². The summed E-state index contributed by atoms with van der Waals surface area (Å²) in [5.41, 5.74) is 0.553. The Hall–Kier alpha value is -2.45. The van der Waals surface area contributed by atoms with Crippen molar-refractivity contribution in [1.29, 1.82) is 0 Å². The highest BCUT2D eigenvalue weighted by Gasteiger charge is 2.13. The minimum Gasteiger partial charge on any atom is -0.446 e. The first-order valence-electron chi connectivity index (χ1n) is 6.27. The van der Waals surface area contributed by atoms with Crippen LogP contribution in [-0.2, 0) is 4.74 Å². The van der Waals surface area contributed by atoms with E-state index in [0.717, 1.165) is 12.8 Å². The van der Waals surface area contributed by atoms with Gasteiger partial charge in [0.2, 0.25) is 0 Å². The Morgan fingerprint density at radius 2 is 1.95 bits per heavy atom. The summed E-state index contributed by atoms with van der Waals surface area (Å²) in [6.07, 6.45) is 5.43. The molecular formula is C17H14O2. The predicted octanol–water partition coefficient (Wildman–Crippen LogP) is 2.96.